The van der Waals surface area contributed by atoms with Crippen LogP contribution in [0.3, 0.4) is 0 Å². The van der Waals surface area contributed by atoms with Crippen LogP contribution in [0.4, 0.5) is 0 Å². The lowest BCUT2D eigenvalue weighted by molar-refractivity contribution is -0.148. The van der Waals surface area contributed by atoms with E-state index < -0.39 is 22.0 Å². The zero-order chi connectivity index (χ0) is 22.7. The monoisotopic (exact) mass is 475 g/mol. The molecular formula is C22H22ClN3O5S. The van der Waals surface area contributed by atoms with E-state index in [0.717, 1.165) is 10.9 Å². The van der Waals surface area contributed by atoms with Crippen LogP contribution in [0.5, 0.6) is 0 Å². The predicted molar refractivity (Wildman–Crippen MR) is 118 cm³/mol. The molecule has 0 N–H and O–H groups in total. The Morgan fingerprint density at radius 3 is 2.66 bits per heavy atom. The van der Waals surface area contributed by atoms with Gasteiger partial charge in [0.2, 0.25) is 0 Å². The number of hydrogen-bond donors (Lipinski definition) is 0. The van der Waals surface area contributed by atoms with Gasteiger partial charge in [0.15, 0.2) is 5.79 Å². The zero-order valence-electron chi connectivity index (χ0n) is 17.7. The number of aryl methyl sites for hydroxylation is 1. The molecule has 1 aromatic carbocycles. The Kier molecular flexibility index (Phi) is 5.14. The van der Waals surface area contributed by atoms with Gasteiger partial charge in [-0.25, -0.2) is 9.97 Å². The second-order valence-corrected chi connectivity index (χ2v) is 10.4. The van der Waals surface area contributed by atoms with Crippen molar-refractivity contribution in [3.05, 3.63) is 65.2 Å². The standard InChI is InChI=1S/C22H22ClN3O5S/c1-13-4-6-15(7-5-13)32(27,28)29-11-14-10-17(19-18(14)30-22(2,3)31-19)26-9-8-16-20(23)24-12-25-21(16)26/h4-10,12,17-19H,11H2,1-3H3/t17-,18-,19+/m1/s1. The zero-order valence-corrected chi connectivity index (χ0v) is 19.3. The average Bonchev–Trinajstić information content (AvgIpc) is 3.38. The second kappa shape index (κ2) is 7.64. The summed E-state index contributed by atoms with van der Waals surface area (Å²) < 4.78 is 45.0. The maximum absolute atomic E-state index is 12.7. The third kappa shape index (κ3) is 3.74. The van der Waals surface area contributed by atoms with Crippen molar-refractivity contribution in [2.24, 2.45) is 0 Å². The molecule has 1 aliphatic carbocycles. The number of rotatable bonds is 5. The molecule has 1 saturated heterocycles. The fourth-order valence-electron chi connectivity index (χ4n) is 4.20. The number of fused-ring (bicyclic) bond motifs is 2. The van der Waals surface area contributed by atoms with Crippen molar-refractivity contribution in [2.75, 3.05) is 6.61 Å². The first-order chi connectivity index (χ1) is 15.1. The van der Waals surface area contributed by atoms with E-state index in [-0.39, 0.29) is 23.6 Å². The Morgan fingerprint density at radius 1 is 1.16 bits per heavy atom. The molecule has 8 nitrogen and oxygen atoms in total. The van der Waals surface area contributed by atoms with Crippen molar-refractivity contribution in [1.29, 1.82) is 0 Å². The third-order valence-electron chi connectivity index (χ3n) is 5.69. The van der Waals surface area contributed by atoms with Gasteiger partial charge in [0, 0.05) is 6.20 Å². The van der Waals surface area contributed by atoms with Gasteiger partial charge in [-0.15, -0.1) is 0 Å². The highest BCUT2D eigenvalue weighted by Gasteiger charge is 2.51. The van der Waals surface area contributed by atoms with E-state index in [4.69, 9.17) is 25.3 Å². The Morgan fingerprint density at radius 2 is 1.91 bits per heavy atom. The smallest absolute Gasteiger partial charge is 0.297 e. The first-order valence-electron chi connectivity index (χ1n) is 10.1. The SMILES string of the molecule is Cc1ccc(S(=O)(=O)OCC2=C[C@@H](n3ccc4c(Cl)ncnc43)[C@@H]3OC(C)(C)O[C@H]23)cc1. The van der Waals surface area contributed by atoms with Gasteiger partial charge in [0.05, 0.1) is 22.9 Å². The molecule has 0 amide bonds. The van der Waals surface area contributed by atoms with E-state index in [0.29, 0.717) is 16.4 Å². The largest absolute Gasteiger partial charge is 0.342 e. The predicted octanol–water partition coefficient (Wildman–Crippen LogP) is 3.80. The molecule has 0 unspecified atom stereocenters. The minimum Gasteiger partial charge on any atom is -0.342 e. The number of ether oxygens (including phenoxy) is 2. The second-order valence-electron chi connectivity index (χ2n) is 8.41. The number of aromatic nitrogens is 3. The van der Waals surface area contributed by atoms with Gasteiger partial charge >= 0.3 is 0 Å². The van der Waals surface area contributed by atoms with Crippen molar-refractivity contribution < 1.29 is 22.1 Å². The Balaban J connectivity index is 1.46. The highest BCUT2D eigenvalue weighted by Crippen LogP contribution is 2.44. The van der Waals surface area contributed by atoms with Gasteiger partial charge in [-0.1, -0.05) is 35.4 Å². The van der Waals surface area contributed by atoms with Crippen molar-refractivity contribution in [2.45, 2.75) is 49.7 Å². The summed E-state index contributed by atoms with van der Waals surface area (Å²) in [7, 11) is -3.92. The van der Waals surface area contributed by atoms with Crippen LogP contribution in [0.15, 0.2) is 59.4 Å². The normalized spacial score (nSPS) is 24.6. The van der Waals surface area contributed by atoms with E-state index in [9.17, 15) is 8.42 Å². The van der Waals surface area contributed by atoms with Crippen molar-refractivity contribution in [3.63, 3.8) is 0 Å². The molecule has 0 spiro atoms. The van der Waals surface area contributed by atoms with Crippen LogP contribution in [0, 0.1) is 6.92 Å². The van der Waals surface area contributed by atoms with Crippen molar-refractivity contribution in [3.8, 4) is 0 Å². The summed E-state index contributed by atoms with van der Waals surface area (Å²) in [6.45, 7) is 5.42. The van der Waals surface area contributed by atoms with Gasteiger partial charge in [0.1, 0.15) is 29.3 Å². The van der Waals surface area contributed by atoms with Crippen LogP contribution < -0.4 is 0 Å². The van der Waals surface area contributed by atoms with Crippen LogP contribution in [-0.4, -0.2) is 47.6 Å². The molecule has 2 aromatic heterocycles. The van der Waals surface area contributed by atoms with Gasteiger partial charge in [0.25, 0.3) is 10.1 Å². The van der Waals surface area contributed by atoms with E-state index in [1.54, 1.807) is 12.1 Å². The van der Waals surface area contributed by atoms with Crippen LogP contribution in [0.25, 0.3) is 11.0 Å². The summed E-state index contributed by atoms with van der Waals surface area (Å²) in [5.74, 6) is -0.821. The quantitative estimate of drug-likeness (QED) is 0.315. The summed E-state index contributed by atoms with van der Waals surface area (Å²) in [5, 5.41) is 1.09. The lowest BCUT2D eigenvalue weighted by Crippen LogP contribution is -2.28. The Bertz CT molecular complexity index is 1320. The van der Waals surface area contributed by atoms with Gasteiger partial charge in [-0.05, 0) is 44.5 Å². The fourth-order valence-corrected chi connectivity index (χ4v) is 5.29. The number of hydrogen-bond acceptors (Lipinski definition) is 7. The van der Waals surface area contributed by atoms with Crippen LogP contribution in [0.1, 0.15) is 25.5 Å². The number of benzene rings is 1. The van der Waals surface area contributed by atoms with Gasteiger partial charge in [-0.2, -0.15) is 8.42 Å². The van der Waals surface area contributed by atoms with Gasteiger partial charge in [-0.3, -0.25) is 4.18 Å². The molecule has 0 bridgehead atoms. The minimum atomic E-state index is -3.92. The minimum absolute atomic E-state index is 0.112. The Labute approximate surface area is 190 Å². The first-order valence-corrected chi connectivity index (χ1v) is 11.9. The molecule has 0 saturated carbocycles. The van der Waals surface area contributed by atoms with Crippen LogP contribution in [0.2, 0.25) is 5.15 Å². The van der Waals surface area contributed by atoms with Crippen molar-refractivity contribution >= 4 is 32.8 Å². The molecule has 5 rings (SSSR count). The Hall–Kier alpha value is -2.30. The maximum Gasteiger partial charge on any atom is 0.297 e. The van der Waals surface area contributed by atoms with E-state index in [1.165, 1.54) is 18.5 Å². The number of nitrogens with zero attached hydrogens (tertiary/aromatic N) is 3. The fraction of sp³-hybridized carbons (Fsp3) is 0.364. The lowest BCUT2D eigenvalue weighted by Gasteiger charge is -2.22. The molecule has 3 atom stereocenters. The summed E-state index contributed by atoms with van der Waals surface area (Å²) in [6, 6.07) is 8.11. The maximum atomic E-state index is 12.7. The van der Waals surface area contributed by atoms with E-state index in [1.807, 2.05) is 43.7 Å². The van der Waals surface area contributed by atoms with Crippen LogP contribution in [-0.2, 0) is 23.8 Å². The molecule has 1 aliphatic heterocycles. The first kappa shape index (κ1) is 21.5. The number of halogens is 1. The topological polar surface area (TPSA) is 92.5 Å². The molecule has 10 heteroatoms. The molecule has 2 aliphatic rings. The molecule has 1 fully saturated rings. The van der Waals surface area contributed by atoms with E-state index in [2.05, 4.69) is 9.97 Å². The average molecular weight is 476 g/mol. The summed E-state index contributed by atoms with van der Waals surface area (Å²) in [4.78, 5) is 8.51. The summed E-state index contributed by atoms with van der Waals surface area (Å²) in [5.41, 5.74) is 2.32. The van der Waals surface area contributed by atoms with Crippen LogP contribution >= 0.6 is 11.6 Å². The molecular weight excluding hydrogens is 454 g/mol. The molecule has 3 aromatic rings. The van der Waals surface area contributed by atoms with E-state index >= 15 is 0 Å². The van der Waals surface area contributed by atoms with Gasteiger partial charge < -0.3 is 14.0 Å². The highest BCUT2D eigenvalue weighted by molar-refractivity contribution is 7.86. The molecule has 32 heavy (non-hydrogen) atoms. The molecule has 0 radical (unpaired) electrons. The molecule has 168 valence electrons. The molecule has 3 heterocycles. The third-order valence-corrected chi connectivity index (χ3v) is 7.27. The van der Waals surface area contributed by atoms with Crippen molar-refractivity contribution in [1.82, 2.24) is 14.5 Å². The summed E-state index contributed by atoms with van der Waals surface area (Å²) in [6.07, 6.45) is 4.38. The summed E-state index contributed by atoms with van der Waals surface area (Å²) >= 11 is 6.21. The highest BCUT2D eigenvalue weighted by atomic mass is 35.5. The lowest BCUT2D eigenvalue weighted by atomic mass is 10.1.